The molecule has 0 aromatic carbocycles. The zero-order valence-electron chi connectivity index (χ0n) is 10.3. The van der Waals surface area contributed by atoms with E-state index in [0.717, 1.165) is 18.4 Å². The minimum Gasteiger partial charge on any atom is -0.305 e. The van der Waals surface area contributed by atoms with Crippen LogP contribution in [0.1, 0.15) is 27.2 Å². The van der Waals surface area contributed by atoms with Crippen LogP contribution in [0.4, 0.5) is 0 Å². The Morgan fingerprint density at radius 3 is 2.80 bits per heavy atom. The molecule has 0 aromatic rings. The van der Waals surface area contributed by atoms with Crippen LogP contribution in [0.25, 0.3) is 0 Å². The molecular weight excluding hydrogens is 184 g/mol. The third kappa shape index (κ3) is 3.85. The van der Waals surface area contributed by atoms with Gasteiger partial charge in [0.1, 0.15) is 0 Å². The van der Waals surface area contributed by atoms with Crippen molar-refractivity contribution in [1.29, 1.82) is 0 Å². The van der Waals surface area contributed by atoms with E-state index in [2.05, 4.69) is 36.9 Å². The number of hydrogen-bond acceptors (Lipinski definition) is 2. The highest BCUT2D eigenvalue weighted by molar-refractivity contribution is 4.87. The molecule has 3 atom stereocenters. The molecule has 1 heterocycles. The molecule has 3 unspecified atom stereocenters. The second-order valence-corrected chi connectivity index (χ2v) is 4.92. The summed E-state index contributed by atoms with van der Waals surface area (Å²) in [6, 6.07) is 0.605. The van der Waals surface area contributed by atoms with Crippen molar-refractivity contribution in [2.45, 2.75) is 33.2 Å². The van der Waals surface area contributed by atoms with Crippen LogP contribution < -0.4 is 5.32 Å². The van der Waals surface area contributed by atoms with Gasteiger partial charge >= 0.3 is 0 Å². The van der Waals surface area contributed by atoms with Gasteiger partial charge in [-0.2, -0.15) is 0 Å². The van der Waals surface area contributed by atoms with Crippen molar-refractivity contribution in [1.82, 2.24) is 10.2 Å². The Morgan fingerprint density at radius 1 is 1.47 bits per heavy atom. The van der Waals surface area contributed by atoms with Crippen molar-refractivity contribution < 1.29 is 0 Å². The summed E-state index contributed by atoms with van der Waals surface area (Å²) in [5, 5.41) is 3.28. The lowest BCUT2D eigenvalue weighted by Crippen LogP contribution is -2.47. The number of nitrogens with zero attached hydrogens (tertiary/aromatic N) is 1. The molecule has 1 aliphatic rings. The average Bonchev–Trinajstić information content (AvgIpc) is 2.22. The van der Waals surface area contributed by atoms with Crippen LogP contribution in [-0.2, 0) is 0 Å². The summed E-state index contributed by atoms with van der Waals surface area (Å²) in [5.41, 5.74) is 0. The Bertz CT molecular complexity index is 219. The van der Waals surface area contributed by atoms with E-state index in [1.54, 1.807) is 0 Å². The zero-order chi connectivity index (χ0) is 11.3. The van der Waals surface area contributed by atoms with Gasteiger partial charge in [-0.1, -0.05) is 19.8 Å². The summed E-state index contributed by atoms with van der Waals surface area (Å²) in [6.07, 6.45) is 6.54. The van der Waals surface area contributed by atoms with Crippen LogP contribution in [-0.4, -0.2) is 37.1 Å². The largest absolute Gasteiger partial charge is 0.305 e. The first kappa shape index (κ1) is 12.5. The summed E-state index contributed by atoms with van der Waals surface area (Å²) in [5.74, 6) is 4.32. The molecule has 1 fully saturated rings. The summed E-state index contributed by atoms with van der Waals surface area (Å²) in [7, 11) is 0. The van der Waals surface area contributed by atoms with Crippen LogP contribution in [0.5, 0.6) is 0 Å². The highest BCUT2D eigenvalue weighted by Crippen LogP contribution is 2.23. The number of likely N-dealkylation sites (tertiary alicyclic amines) is 1. The molecule has 0 aromatic heterocycles. The van der Waals surface area contributed by atoms with Crippen molar-refractivity contribution in [3.63, 3.8) is 0 Å². The molecule has 0 bridgehead atoms. The monoisotopic (exact) mass is 208 g/mol. The smallest absolute Gasteiger partial charge is 0.0574 e. The second kappa shape index (κ2) is 6.15. The first-order chi connectivity index (χ1) is 7.15. The SMILES string of the molecule is C#CCNCC(C)N1CCC(C)C(C)C1. The Balaban J connectivity index is 2.28. The van der Waals surface area contributed by atoms with Crippen molar-refractivity contribution in [3.05, 3.63) is 0 Å². The van der Waals surface area contributed by atoms with E-state index in [0.29, 0.717) is 12.6 Å². The van der Waals surface area contributed by atoms with E-state index < -0.39 is 0 Å². The minimum absolute atomic E-state index is 0.605. The predicted molar refractivity (Wildman–Crippen MR) is 65.7 cm³/mol. The van der Waals surface area contributed by atoms with Gasteiger partial charge in [0.05, 0.1) is 6.54 Å². The minimum atomic E-state index is 0.605. The Hall–Kier alpha value is -0.520. The number of piperidine rings is 1. The van der Waals surface area contributed by atoms with Gasteiger partial charge in [-0.25, -0.2) is 0 Å². The van der Waals surface area contributed by atoms with Gasteiger partial charge in [0.25, 0.3) is 0 Å². The van der Waals surface area contributed by atoms with Crippen molar-refractivity contribution in [2.75, 3.05) is 26.2 Å². The number of hydrogen-bond donors (Lipinski definition) is 1. The molecule has 1 aliphatic heterocycles. The molecular formula is C13H24N2. The third-order valence-corrected chi connectivity index (χ3v) is 3.66. The zero-order valence-corrected chi connectivity index (χ0v) is 10.3. The molecule has 86 valence electrons. The average molecular weight is 208 g/mol. The molecule has 0 amide bonds. The fourth-order valence-electron chi connectivity index (χ4n) is 2.18. The lowest BCUT2D eigenvalue weighted by molar-refractivity contribution is 0.102. The number of rotatable bonds is 4. The predicted octanol–water partition coefficient (Wildman–Crippen LogP) is 1.58. The lowest BCUT2D eigenvalue weighted by Gasteiger charge is -2.39. The van der Waals surface area contributed by atoms with Gasteiger partial charge < -0.3 is 5.32 Å². The number of nitrogens with one attached hydrogen (secondary N) is 1. The van der Waals surface area contributed by atoms with Crippen LogP contribution in [0.15, 0.2) is 0 Å². The van der Waals surface area contributed by atoms with Gasteiger partial charge in [-0.3, -0.25) is 4.90 Å². The molecule has 2 nitrogen and oxygen atoms in total. The lowest BCUT2D eigenvalue weighted by atomic mass is 9.88. The van der Waals surface area contributed by atoms with Gasteiger partial charge in [0, 0.05) is 19.1 Å². The second-order valence-electron chi connectivity index (χ2n) is 4.92. The molecule has 1 rings (SSSR count). The van der Waals surface area contributed by atoms with Crippen molar-refractivity contribution in [3.8, 4) is 12.3 Å². The molecule has 0 spiro atoms. The van der Waals surface area contributed by atoms with E-state index in [9.17, 15) is 0 Å². The van der Waals surface area contributed by atoms with Crippen molar-refractivity contribution in [2.24, 2.45) is 11.8 Å². The fraction of sp³-hybridized carbons (Fsp3) is 0.846. The highest BCUT2D eigenvalue weighted by atomic mass is 15.2. The van der Waals surface area contributed by atoms with Crippen LogP contribution in [0.2, 0.25) is 0 Å². The molecule has 0 radical (unpaired) electrons. The number of terminal acetylenes is 1. The Morgan fingerprint density at radius 2 is 2.20 bits per heavy atom. The van der Waals surface area contributed by atoms with E-state index in [4.69, 9.17) is 6.42 Å². The van der Waals surface area contributed by atoms with Crippen molar-refractivity contribution >= 4 is 0 Å². The molecule has 1 saturated heterocycles. The van der Waals surface area contributed by atoms with Gasteiger partial charge in [-0.15, -0.1) is 6.42 Å². The van der Waals surface area contributed by atoms with Crippen LogP contribution in [0, 0.1) is 24.2 Å². The topological polar surface area (TPSA) is 15.3 Å². The highest BCUT2D eigenvalue weighted by Gasteiger charge is 2.25. The van der Waals surface area contributed by atoms with E-state index in [1.807, 2.05) is 0 Å². The Kier molecular flexibility index (Phi) is 5.14. The van der Waals surface area contributed by atoms with Gasteiger partial charge in [-0.05, 0) is 31.7 Å². The summed E-state index contributed by atoms with van der Waals surface area (Å²) in [6.45, 7) is 11.2. The first-order valence-electron chi connectivity index (χ1n) is 6.03. The molecule has 0 saturated carbocycles. The molecule has 15 heavy (non-hydrogen) atoms. The van der Waals surface area contributed by atoms with Gasteiger partial charge in [0.2, 0.25) is 0 Å². The van der Waals surface area contributed by atoms with Gasteiger partial charge in [0.15, 0.2) is 0 Å². The Labute approximate surface area is 94.4 Å². The maximum atomic E-state index is 5.21. The summed E-state index contributed by atoms with van der Waals surface area (Å²) in [4.78, 5) is 2.58. The third-order valence-electron chi connectivity index (χ3n) is 3.66. The van der Waals surface area contributed by atoms with E-state index in [1.165, 1.54) is 19.5 Å². The first-order valence-corrected chi connectivity index (χ1v) is 6.03. The standard InChI is InChI=1S/C13H24N2/c1-5-7-14-9-13(4)15-8-6-11(2)12(3)10-15/h1,11-14H,6-10H2,2-4H3. The molecule has 0 aliphatic carbocycles. The maximum absolute atomic E-state index is 5.21. The quantitative estimate of drug-likeness (QED) is 0.557. The summed E-state index contributed by atoms with van der Waals surface area (Å²) < 4.78 is 0. The fourth-order valence-corrected chi connectivity index (χ4v) is 2.18. The van der Waals surface area contributed by atoms with Crippen LogP contribution in [0.3, 0.4) is 0 Å². The van der Waals surface area contributed by atoms with E-state index >= 15 is 0 Å². The normalized spacial score (nSPS) is 29.7. The molecule has 2 heteroatoms. The summed E-state index contributed by atoms with van der Waals surface area (Å²) >= 11 is 0. The van der Waals surface area contributed by atoms with E-state index in [-0.39, 0.29) is 0 Å². The maximum Gasteiger partial charge on any atom is 0.0574 e. The van der Waals surface area contributed by atoms with Crippen LogP contribution >= 0.6 is 0 Å². The molecule has 1 N–H and O–H groups in total.